The number of anilines is 1. The molecule has 0 aromatic carbocycles. The maximum Gasteiger partial charge on any atom is 0.498 e. The molecule has 0 aliphatic carbocycles. The standard InChI is InChI=1S/C16H24BF3N2O2/c1-13(2,3)22-12-11(8-10(9-21-12)16(18,19)20)17-23-14(4,5)15(6,7)24-17/h8-9H,1-7H3,(H,21,22). The molecule has 0 amide bonds. The summed E-state index contributed by atoms with van der Waals surface area (Å²) in [6, 6.07) is 1.04. The average Bonchev–Trinajstić information content (AvgIpc) is 2.55. The highest BCUT2D eigenvalue weighted by molar-refractivity contribution is 6.63. The van der Waals surface area contributed by atoms with E-state index >= 15 is 0 Å². The molecule has 0 spiro atoms. The van der Waals surface area contributed by atoms with E-state index in [0.29, 0.717) is 5.82 Å². The molecule has 1 aliphatic heterocycles. The summed E-state index contributed by atoms with van der Waals surface area (Å²) in [5.74, 6) is 0.328. The predicted molar refractivity (Wildman–Crippen MR) is 88.3 cm³/mol. The van der Waals surface area contributed by atoms with Gasteiger partial charge in [-0.15, -0.1) is 0 Å². The van der Waals surface area contributed by atoms with E-state index in [9.17, 15) is 13.2 Å². The Morgan fingerprint density at radius 3 is 1.96 bits per heavy atom. The minimum atomic E-state index is -4.48. The van der Waals surface area contributed by atoms with Crippen LogP contribution in [-0.2, 0) is 15.5 Å². The van der Waals surface area contributed by atoms with E-state index in [1.807, 2.05) is 48.5 Å². The number of pyridine rings is 1. The second kappa shape index (κ2) is 5.63. The summed E-state index contributed by atoms with van der Waals surface area (Å²) >= 11 is 0. The second-order valence-electron chi connectivity index (χ2n) is 8.12. The highest BCUT2D eigenvalue weighted by atomic mass is 19.4. The molecule has 134 valence electrons. The topological polar surface area (TPSA) is 43.4 Å². The number of hydrogen-bond acceptors (Lipinski definition) is 4. The molecule has 0 atom stereocenters. The summed E-state index contributed by atoms with van der Waals surface area (Å²) in [5, 5.41) is 3.12. The van der Waals surface area contributed by atoms with Gasteiger partial charge in [0.15, 0.2) is 0 Å². The lowest BCUT2D eigenvalue weighted by molar-refractivity contribution is -0.137. The maximum absolute atomic E-state index is 13.1. The molecule has 0 radical (unpaired) electrons. The highest BCUT2D eigenvalue weighted by Gasteiger charge is 2.53. The molecule has 1 saturated heterocycles. The van der Waals surface area contributed by atoms with Crippen LogP contribution in [0.25, 0.3) is 0 Å². The lowest BCUT2D eigenvalue weighted by Crippen LogP contribution is -2.41. The van der Waals surface area contributed by atoms with Gasteiger partial charge < -0.3 is 14.6 Å². The van der Waals surface area contributed by atoms with Crippen molar-refractivity contribution >= 4 is 18.4 Å². The Bertz CT molecular complexity index is 609. The van der Waals surface area contributed by atoms with E-state index in [0.717, 1.165) is 12.3 Å². The van der Waals surface area contributed by atoms with Crippen LogP contribution in [0.5, 0.6) is 0 Å². The minimum Gasteiger partial charge on any atom is -0.399 e. The Hall–Kier alpha value is -1.28. The van der Waals surface area contributed by atoms with Gasteiger partial charge in [0.05, 0.1) is 16.8 Å². The van der Waals surface area contributed by atoms with Crippen molar-refractivity contribution in [1.29, 1.82) is 0 Å². The molecule has 0 saturated carbocycles. The van der Waals surface area contributed by atoms with Crippen molar-refractivity contribution in [3.05, 3.63) is 17.8 Å². The Morgan fingerprint density at radius 1 is 1.04 bits per heavy atom. The van der Waals surface area contributed by atoms with Crippen molar-refractivity contribution < 1.29 is 22.5 Å². The molecule has 0 bridgehead atoms. The van der Waals surface area contributed by atoms with Crippen molar-refractivity contribution in [2.45, 2.75) is 71.4 Å². The predicted octanol–water partition coefficient (Wildman–Crippen LogP) is 3.61. The van der Waals surface area contributed by atoms with Crippen LogP contribution in [0.1, 0.15) is 54.0 Å². The van der Waals surface area contributed by atoms with Gasteiger partial charge in [0, 0.05) is 17.2 Å². The third-order valence-electron chi connectivity index (χ3n) is 4.25. The molecule has 8 heteroatoms. The van der Waals surface area contributed by atoms with Gasteiger partial charge in [0.1, 0.15) is 5.82 Å². The van der Waals surface area contributed by atoms with Gasteiger partial charge in [-0.05, 0) is 54.5 Å². The molecule has 4 nitrogen and oxygen atoms in total. The van der Waals surface area contributed by atoms with E-state index < -0.39 is 30.1 Å². The van der Waals surface area contributed by atoms with Crippen LogP contribution in [-0.4, -0.2) is 28.8 Å². The van der Waals surface area contributed by atoms with Crippen molar-refractivity contribution in [3.8, 4) is 0 Å². The summed E-state index contributed by atoms with van der Waals surface area (Å²) in [6.07, 6.45) is -3.66. The van der Waals surface area contributed by atoms with Gasteiger partial charge in [-0.25, -0.2) is 4.98 Å². The molecular formula is C16H24BF3N2O2. The highest BCUT2D eigenvalue weighted by Crippen LogP contribution is 2.37. The molecule has 24 heavy (non-hydrogen) atoms. The fourth-order valence-electron chi connectivity index (χ4n) is 2.25. The van der Waals surface area contributed by atoms with Crippen LogP contribution in [0.15, 0.2) is 12.3 Å². The monoisotopic (exact) mass is 344 g/mol. The first-order valence-corrected chi connectivity index (χ1v) is 7.83. The minimum absolute atomic E-state index is 0.249. The van der Waals surface area contributed by atoms with E-state index in [4.69, 9.17) is 9.31 Å². The number of halogens is 3. The van der Waals surface area contributed by atoms with Crippen LogP contribution in [0.2, 0.25) is 0 Å². The Kier molecular flexibility index (Phi) is 4.47. The molecule has 2 heterocycles. The number of hydrogen-bond donors (Lipinski definition) is 1. The molecule has 1 aromatic rings. The van der Waals surface area contributed by atoms with Crippen LogP contribution in [0, 0.1) is 0 Å². The van der Waals surface area contributed by atoms with Gasteiger partial charge >= 0.3 is 13.3 Å². The van der Waals surface area contributed by atoms with Crippen molar-refractivity contribution in [3.63, 3.8) is 0 Å². The summed E-state index contributed by atoms with van der Waals surface area (Å²) in [4.78, 5) is 3.98. The summed E-state index contributed by atoms with van der Waals surface area (Å²) < 4.78 is 51.1. The van der Waals surface area contributed by atoms with E-state index in [2.05, 4.69) is 10.3 Å². The second-order valence-corrected chi connectivity index (χ2v) is 8.12. The zero-order chi connectivity index (χ0) is 18.6. The average molecular weight is 344 g/mol. The van der Waals surface area contributed by atoms with Crippen molar-refractivity contribution in [2.24, 2.45) is 0 Å². The van der Waals surface area contributed by atoms with E-state index in [1.54, 1.807) is 0 Å². The van der Waals surface area contributed by atoms with Crippen LogP contribution in [0.3, 0.4) is 0 Å². The van der Waals surface area contributed by atoms with E-state index in [-0.39, 0.29) is 11.0 Å². The number of nitrogens with one attached hydrogen (secondary N) is 1. The van der Waals surface area contributed by atoms with Crippen LogP contribution >= 0.6 is 0 Å². The van der Waals surface area contributed by atoms with Gasteiger partial charge in [-0.1, -0.05) is 0 Å². The molecule has 1 fully saturated rings. The SMILES string of the molecule is CC(C)(C)Nc1ncc(C(F)(F)F)cc1B1OC(C)(C)C(C)(C)O1. The first-order chi connectivity index (χ1) is 10.6. The van der Waals surface area contributed by atoms with Gasteiger partial charge in [0.25, 0.3) is 0 Å². The summed E-state index contributed by atoms with van der Waals surface area (Å²) in [7, 11) is -0.922. The lowest BCUT2D eigenvalue weighted by atomic mass is 9.78. The normalized spacial score (nSPS) is 20.3. The molecule has 1 aliphatic rings. The zero-order valence-electron chi connectivity index (χ0n) is 15.1. The van der Waals surface area contributed by atoms with Crippen molar-refractivity contribution in [2.75, 3.05) is 5.32 Å². The van der Waals surface area contributed by atoms with E-state index in [1.165, 1.54) is 0 Å². The Balaban J connectivity index is 2.49. The maximum atomic E-state index is 13.1. The summed E-state index contributed by atoms with van der Waals surface area (Å²) in [6.45, 7) is 13.1. The first-order valence-electron chi connectivity index (χ1n) is 7.83. The number of aromatic nitrogens is 1. The fraction of sp³-hybridized carbons (Fsp3) is 0.688. The fourth-order valence-corrected chi connectivity index (χ4v) is 2.25. The molecule has 0 unspecified atom stereocenters. The first kappa shape index (κ1) is 19.1. The van der Waals surface area contributed by atoms with Crippen molar-refractivity contribution in [1.82, 2.24) is 4.98 Å². The quantitative estimate of drug-likeness (QED) is 0.833. The lowest BCUT2D eigenvalue weighted by Gasteiger charge is -2.32. The third kappa shape index (κ3) is 3.86. The molecule has 1 N–H and O–H groups in total. The number of alkyl halides is 3. The van der Waals surface area contributed by atoms with Crippen LogP contribution < -0.4 is 10.8 Å². The molecular weight excluding hydrogens is 320 g/mol. The van der Waals surface area contributed by atoms with Gasteiger partial charge in [-0.2, -0.15) is 13.2 Å². The molecule has 1 aromatic heterocycles. The Morgan fingerprint density at radius 2 is 1.54 bits per heavy atom. The molecule has 2 rings (SSSR count). The van der Waals surface area contributed by atoms with Crippen LogP contribution in [0.4, 0.5) is 19.0 Å². The Labute approximate surface area is 141 Å². The number of rotatable bonds is 2. The van der Waals surface area contributed by atoms with Gasteiger partial charge in [0.2, 0.25) is 0 Å². The zero-order valence-corrected chi connectivity index (χ0v) is 15.1. The summed E-state index contributed by atoms with van der Waals surface area (Å²) in [5.41, 5.74) is -2.24. The largest absolute Gasteiger partial charge is 0.498 e. The number of nitrogens with zero attached hydrogens (tertiary/aromatic N) is 1. The third-order valence-corrected chi connectivity index (χ3v) is 4.25. The van der Waals surface area contributed by atoms with Gasteiger partial charge in [-0.3, -0.25) is 0 Å². The smallest absolute Gasteiger partial charge is 0.399 e.